The van der Waals surface area contributed by atoms with Crippen molar-refractivity contribution in [2.45, 2.75) is 19.3 Å². The predicted octanol–water partition coefficient (Wildman–Crippen LogP) is 3.00. The first-order valence-corrected chi connectivity index (χ1v) is 5.38. The molecular weight excluding hydrogens is 191 g/mol. The van der Waals surface area contributed by atoms with Gasteiger partial charge in [-0.25, -0.2) is 4.39 Å². The molecule has 0 amide bonds. The van der Waals surface area contributed by atoms with Gasteiger partial charge in [-0.3, -0.25) is 0 Å². The van der Waals surface area contributed by atoms with Crippen LogP contribution < -0.4 is 0 Å². The first kappa shape index (κ1) is 10.4. The minimum Gasteiger partial charge on any atom is -0.396 e. The summed E-state index contributed by atoms with van der Waals surface area (Å²) in [5.74, 6) is -0.0313. The molecule has 1 unspecified atom stereocenters. The lowest BCUT2D eigenvalue weighted by Crippen LogP contribution is -2.12. The molecule has 0 saturated heterocycles. The molecule has 0 aromatic heterocycles. The number of halogens is 1. The van der Waals surface area contributed by atoms with E-state index >= 15 is 0 Å². The second-order valence-electron chi connectivity index (χ2n) is 3.98. The molecule has 1 nitrogen and oxygen atoms in total. The van der Waals surface area contributed by atoms with E-state index in [-0.39, 0.29) is 18.3 Å². The summed E-state index contributed by atoms with van der Waals surface area (Å²) in [4.78, 5) is 0. The minimum atomic E-state index is -0.212. The Morgan fingerprint density at radius 1 is 1.40 bits per heavy atom. The highest BCUT2D eigenvalue weighted by Gasteiger charge is 2.18. The normalized spacial score (nSPS) is 21.2. The fourth-order valence-electron chi connectivity index (χ4n) is 2.16. The number of allylic oxidation sites excluding steroid dienone is 1. The second kappa shape index (κ2) is 4.58. The monoisotopic (exact) mass is 206 g/mol. The highest BCUT2D eigenvalue weighted by Crippen LogP contribution is 2.32. The number of aliphatic hydroxyl groups excluding tert-OH is 1. The molecule has 1 aliphatic carbocycles. The summed E-state index contributed by atoms with van der Waals surface area (Å²) in [5, 5.41) is 9.26. The molecule has 1 atom stereocenters. The Kier molecular flexibility index (Phi) is 3.17. The maximum absolute atomic E-state index is 13.1. The van der Waals surface area contributed by atoms with Gasteiger partial charge in [-0.05, 0) is 42.5 Å². The molecule has 2 heteroatoms. The van der Waals surface area contributed by atoms with Crippen LogP contribution in [0, 0.1) is 11.7 Å². The maximum atomic E-state index is 13.1. The number of aliphatic hydroxyl groups is 1. The van der Waals surface area contributed by atoms with Crippen LogP contribution in [0.15, 0.2) is 30.3 Å². The molecule has 1 aliphatic rings. The van der Waals surface area contributed by atoms with Crippen LogP contribution in [-0.4, -0.2) is 11.7 Å². The minimum absolute atomic E-state index is 0.155. The largest absolute Gasteiger partial charge is 0.396 e. The molecule has 15 heavy (non-hydrogen) atoms. The summed E-state index contributed by atoms with van der Waals surface area (Å²) in [5.41, 5.74) is 2.01. The first-order valence-electron chi connectivity index (χ1n) is 5.38. The van der Waals surface area contributed by atoms with Crippen molar-refractivity contribution in [3.8, 4) is 0 Å². The summed E-state index contributed by atoms with van der Waals surface area (Å²) in [6.07, 6.45) is 5.27. The van der Waals surface area contributed by atoms with Gasteiger partial charge in [0.1, 0.15) is 5.82 Å². The third kappa shape index (κ3) is 2.26. The van der Waals surface area contributed by atoms with Gasteiger partial charge >= 0.3 is 0 Å². The van der Waals surface area contributed by atoms with Gasteiger partial charge in [-0.15, -0.1) is 0 Å². The van der Waals surface area contributed by atoms with E-state index in [1.165, 1.54) is 6.07 Å². The van der Waals surface area contributed by atoms with Crippen LogP contribution in [-0.2, 0) is 0 Å². The lowest BCUT2D eigenvalue weighted by atomic mass is 9.84. The van der Waals surface area contributed by atoms with Crippen LogP contribution in [0.4, 0.5) is 4.39 Å². The molecule has 1 aromatic carbocycles. The van der Waals surface area contributed by atoms with Crippen molar-refractivity contribution in [1.82, 2.24) is 0 Å². The summed E-state index contributed by atoms with van der Waals surface area (Å²) < 4.78 is 13.1. The van der Waals surface area contributed by atoms with Gasteiger partial charge in [0.05, 0.1) is 0 Å². The topological polar surface area (TPSA) is 20.2 Å². The van der Waals surface area contributed by atoms with Gasteiger partial charge in [0.25, 0.3) is 0 Å². The van der Waals surface area contributed by atoms with Gasteiger partial charge in [0.15, 0.2) is 0 Å². The van der Waals surface area contributed by atoms with Crippen LogP contribution >= 0.6 is 0 Å². The Balaban J connectivity index is 2.32. The maximum Gasteiger partial charge on any atom is 0.123 e. The van der Waals surface area contributed by atoms with E-state index in [4.69, 9.17) is 0 Å². The summed E-state index contributed by atoms with van der Waals surface area (Å²) in [6.45, 7) is 0.155. The van der Waals surface area contributed by atoms with Gasteiger partial charge in [-0.2, -0.15) is 0 Å². The quantitative estimate of drug-likeness (QED) is 0.788. The average molecular weight is 206 g/mol. The zero-order valence-corrected chi connectivity index (χ0v) is 8.62. The Morgan fingerprint density at radius 3 is 3.00 bits per heavy atom. The molecule has 0 saturated carbocycles. The molecule has 0 bridgehead atoms. The van der Waals surface area contributed by atoms with Crippen LogP contribution in [0.1, 0.15) is 24.8 Å². The Morgan fingerprint density at radius 2 is 2.27 bits per heavy atom. The second-order valence-corrected chi connectivity index (χ2v) is 3.98. The van der Waals surface area contributed by atoms with Crippen molar-refractivity contribution in [2.24, 2.45) is 5.92 Å². The van der Waals surface area contributed by atoms with Crippen LogP contribution in [0.5, 0.6) is 0 Å². The third-order valence-electron chi connectivity index (χ3n) is 2.94. The van der Waals surface area contributed by atoms with Crippen molar-refractivity contribution in [3.63, 3.8) is 0 Å². The summed E-state index contributed by atoms with van der Waals surface area (Å²) in [7, 11) is 0. The Bertz CT molecular complexity index is 371. The number of rotatable bonds is 2. The van der Waals surface area contributed by atoms with E-state index < -0.39 is 0 Å². The zero-order chi connectivity index (χ0) is 10.7. The molecule has 1 N–H and O–H groups in total. The van der Waals surface area contributed by atoms with Crippen molar-refractivity contribution in [2.75, 3.05) is 6.61 Å². The van der Waals surface area contributed by atoms with E-state index in [9.17, 15) is 9.50 Å². The molecule has 1 aromatic rings. The standard InChI is InChI=1S/C13H15FO/c14-12-6-3-5-10(8-12)13-7-2-1-4-11(13)9-15/h3,5-8,11,15H,1-2,4,9H2. The van der Waals surface area contributed by atoms with Gasteiger partial charge in [0.2, 0.25) is 0 Å². The van der Waals surface area contributed by atoms with E-state index in [0.29, 0.717) is 0 Å². The lowest BCUT2D eigenvalue weighted by molar-refractivity contribution is 0.246. The van der Waals surface area contributed by atoms with Crippen molar-refractivity contribution < 1.29 is 9.50 Å². The van der Waals surface area contributed by atoms with Crippen LogP contribution in [0.2, 0.25) is 0 Å². The number of hydrogen-bond acceptors (Lipinski definition) is 1. The van der Waals surface area contributed by atoms with E-state index in [1.807, 2.05) is 6.07 Å². The van der Waals surface area contributed by atoms with E-state index in [1.54, 1.807) is 12.1 Å². The molecule has 2 rings (SSSR count). The summed E-state index contributed by atoms with van der Waals surface area (Å²) in [6, 6.07) is 6.61. The molecule has 0 spiro atoms. The van der Waals surface area contributed by atoms with Gasteiger partial charge in [0, 0.05) is 12.5 Å². The van der Waals surface area contributed by atoms with E-state index in [0.717, 1.165) is 30.4 Å². The van der Waals surface area contributed by atoms with Crippen molar-refractivity contribution >= 4 is 5.57 Å². The third-order valence-corrected chi connectivity index (χ3v) is 2.94. The molecule has 80 valence electrons. The first-order chi connectivity index (χ1) is 7.31. The molecule has 0 aliphatic heterocycles. The number of hydrogen-bond donors (Lipinski definition) is 1. The van der Waals surface area contributed by atoms with Gasteiger partial charge in [-0.1, -0.05) is 18.2 Å². The predicted molar refractivity (Wildman–Crippen MR) is 58.8 cm³/mol. The van der Waals surface area contributed by atoms with Crippen LogP contribution in [0.3, 0.4) is 0 Å². The van der Waals surface area contributed by atoms with Crippen molar-refractivity contribution in [3.05, 3.63) is 41.7 Å². The molecule has 0 heterocycles. The van der Waals surface area contributed by atoms with Crippen LogP contribution in [0.25, 0.3) is 5.57 Å². The molecular formula is C13H15FO. The van der Waals surface area contributed by atoms with Gasteiger partial charge < -0.3 is 5.11 Å². The average Bonchev–Trinajstić information content (AvgIpc) is 2.29. The highest BCUT2D eigenvalue weighted by molar-refractivity contribution is 5.68. The summed E-state index contributed by atoms with van der Waals surface area (Å²) >= 11 is 0. The zero-order valence-electron chi connectivity index (χ0n) is 8.62. The smallest absolute Gasteiger partial charge is 0.123 e. The fourth-order valence-corrected chi connectivity index (χ4v) is 2.16. The fraction of sp³-hybridized carbons (Fsp3) is 0.385. The van der Waals surface area contributed by atoms with Crippen molar-refractivity contribution in [1.29, 1.82) is 0 Å². The van der Waals surface area contributed by atoms with E-state index in [2.05, 4.69) is 6.08 Å². The lowest BCUT2D eigenvalue weighted by Gasteiger charge is -2.22. The SMILES string of the molecule is OCC1CCCC=C1c1cccc(F)c1. The Labute approximate surface area is 89.3 Å². The Hall–Kier alpha value is -1.15. The number of benzene rings is 1. The molecule has 0 radical (unpaired) electrons. The highest BCUT2D eigenvalue weighted by atomic mass is 19.1. The molecule has 0 fully saturated rings.